The fourth-order valence-electron chi connectivity index (χ4n) is 2.57. The van der Waals surface area contributed by atoms with E-state index in [4.69, 9.17) is 51.1 Å². The quantitative estimate of drug-likeness (QED) is 0.574. The van der Waals surface area contributed by atoms with Crippen LogP contribution < -0.4 is 9.64 Å². The minimum absolute atomic E-state index is 0.164. The van der Waals surface area contributed by atoms with Crippen LogP contribution in [0.5, 0.6) is 5.75 Å². The van der Waals surface area contributed by atoms with E-state index in [0.29, 0.717) is 37.1 Å². The first kappa shape index (κ1) is 17.7. The molecule has 0 saturated carbocycles. The molecule has 3 rings (SSSR count). The fourth-order valence-corrected chi connectivity index (χ4v) is 3.40. The summed E-state index contributed by atoms with van der Waals surface area (Å²) in [6.07, 6.45) is 0. The van der Waals surface area contributed by atoms with Crippen LogP contribution in [0.15, 0.2) is 30.3 Å². The molecule has 0 radical (unpaired) electrons. The Morgan fingerprint density at radius 1 is 1.04 bits per heavy atom. The summed E-state index contributed by atoms with van der Waals surface area (Å²) >= 11 is 24.7. The van der Waals surface area contributed by atoms with Gasteiger partial charge in [0.2, 0.25) is 0 Å². The number of hydrogen-bond acceptors (Lipinski definition) is 2. The minimum Gasteiger partial charge on any atom is -0.476 e. The van der Waals surface area contributed by atoms with Gasteiger partial charge in [0.15, 0.2) is 5.60 Å². The van der Waals surface area contributed by atoms with Gasteiger partial charge >= 0.3 is 0 Å². The maximum atomic E-state index is 12.9. The number of hydrogen-bond donors (Lipinski definition) is 0. The Labute approximate surface area is 160 Å². The van der Waals surface area contributed by atoms with Crippen LogP contribution in [-0.2, 0) is 11.3 Å². The van der Waals surface area contributed by atoms with Crippen LogP contribution in [0.2, 0.25) is 20.1 Å². The lowest BCUT2D eigenvalue weighted by atomic mass is 10.0. The van der Waals surface area contributed by atoms with Crippen molar-refractivity contribution in [1.29, 1.82) is 0 Å². The number of anilines is 1. The molecular formula is C17H13Cl4NO2. The van der Waals surface area contributed by atoms with E-state index in [2.05, 4.69) is 0 Å². The third kappa shape index (κ3) is 3.06. The van der Waals surface area contributed by atoms with E-state index >= 15 is 0 Å². The lowest BCUT2D eigenvalue weighted by molar-refractivity contribution is -0.132. The summed E-state index contributed by atoms with van der Waals surface area (Å²) in [5.41, 5.74) is 0.125. The second-order valence-electron chi connectivity index (χ2n) is 5.94. The van der Waals surface area contributed by atoms with Crippen LogP contribution in [-0.4, -0.2) is 11.5 Å². The van der Waals surface area contributed by atoms with E-state index < -0.39 is 5.60 Å². The standard InChI is InChI=1S/C17H13Cl4NO2/c1-17(2)16(23)22(13-7-9(18)3-6-14(13)24-17)8-10-11(19)4-5-12(20)15(10)21/h3-7H,8H2,1-2H3. The number of carbonyl (C=O) groups is 1. The molecule has 1 heterocycles. The maximum absolute atomic E-state index is 12.9. The van der Waals surface area contributed by atoms with Gasteiger partial charge in [-0.3, -0.25) is 4.79 Å². The van der Waals surface area contributed by atoms with Crippen LogP contribution in [0.1, 0.15) is 19.4 Å². The summed E-state index contributed by atoms with van der Waals surface area (Å²) < 4.78 is 5.80. The Bertz CT molecular complexity index is 836. The van der Waals surface area contributed by atoms with Gasteiger partial charge < -0.3 is 9.64 Å². The van der Waals surface area contributed by atoms with Crippen molar-refractivity contribution in [2.45, 2.75) is 26.0 Å². The largest absolute Gasteiger partial charge is 0.476 e. The molecule has 0 fully saturated rings. The van der Waals surface area contributed by atoms with Gasteiger partial charge in [0.1, 0.15) is 5.75 Å². The van der Waals surface area contributed by atoms with Crippen molar-refractivity contribution in [3.8, 4) is 5.75 Å². The third-order valence-corrected chi connectivity index (χ3v) is 5.22. The Morgan fingerprint density at radius 2 is 1.71 bits per heavy atom. The molecule has 0 spiro atoms. The summed E-state index contributed by atoms with van der Waals surface area (Å²) in [7, 11) is 0. The van der Waals surface area contributed by atoms with Crippen molar-refractivity contribution in [2.24, 2.45) is 0 Å². The first-order chi connectivity index (χ1) is 11.2. The van der Waals surface area contributed by atoms with Crippen molar-refractivity contribution in [2.75, 3.05) is 4.90 Å². The molecule has 0 N–H and O–H groups in total. The van der Waals surface area contributed by atoms with Gasteiger partial charge in [0.25, 0.3) is 5.91 Å². The predicted molar refractivity (Wildman–Crippen MR) is 98.8 cm³/mol. The fraction of sp³-hybridized carbons (Fsp3) is 0.235. The monoisotopic (exact) mass is 403 g/mol. The van der Waals surface area contributed by atoms with Crippen LogP contribution in [0.4, 0.5) is 5.69 Å². The SMILES string of the molecule is CC1(C)Oc2ccc(Cl)cc2N(Cc2c(Cl)ccc(Cl)c2Cl)C1=O. The summed E-state index contributed by atoms with van der Waals surface area (Å²) in [4.78, 5) is 14.4. The van der Waals surface area contributed by atoms with Gasteiger partial charge in [-0.2, -0.15) is 0 Å². The number of rotatable bonds is 2. The molecule has 3 nitrogen and oxygen atoms in total. The predicted octanol–water partition coefficient (Wildman–Crippen LogP) is 6.00. The number of benzene rings is 2. The van der Waals surface area contributed by atoms with E-state index in [1.165, 1.54) is 0 Å². The van der Waals surface area contributed by atoms with Crippen molar-refractivity contribution in [3.63, 3.8) is 0 Å². The summed E-state index contributed by atoms with van der Waals surface area (Å²) in [6, 6.07) is 8.39. The van der Waals surface area contributed by atoms with Crippen LogP contribution >= 0.6 is 46.4 Å². The molecule has 0 unspecified atom stereocenters. The van der Waals surface area contributed by atoms with Gasteiger partial charge in [-0.1, -0.05) is 46.4 Å². The first-order valence-electron chi connectivity index (χ1n) is 7.13. The average molecular weight is 405 g/mol. The van der Waals surface area contributed by atoms with Gasteiger partial charge in [-0.15, -0.1) is 0 Å². The lowest BCUT2D eigenvalue weighted by Gasteiger charge is -2.39. The molecule has 126 valence electrons. The molecule has 0 aliphatic carbocycles. The number of nitrogens with zero attached hydrogens (tertiary/aromatic N) is 1. The average Bonchev–Trinajstić information content (AvgIpc) is 2.52. The zero-order valence-electron chi connectivity index (χ0n) is 12.9. The highest BCUT2D eigenvalue weighted by atomic mass is 35.5. The number of amides is 1. The van der Waals surface area contributed by atoms with Crippen LogP contribution in [0, 0.1) is 0 Å². The number of halogens is 4. The van der Waals surface area contributed by atoms with Crippen molar-refractivity contribution in [1.82, 2.24) is 0 Å². The van der Waals surface area contributed by atoms with Gasteiger partial charge in [0.05, 0.1) is 22.3 Å². The Hall–Kier alpha value is -1.13. The number of carbonyl (C=O) groups excluding carboxylic acids is 1. The smallest absolute Gasteiger partial charge is 0.271 e. The van der Waals surface area contributed by atoms with Crippen molar-refractivity contribution < 1.29 is 9.53 Å². The molecule has 1 amide bonds. The molecule has 0 bridgehead atoms. The van der Waals surface area contributed by atoms with E-state index in [9.17, 15) is 4.79 Å². The molecule has 2 aromatic carbocycles. The molecule has 24 heavy (non-hydrogen) atoms. The minimum atomic E-state index is -1.02. The molecular weight excluding hydrogens is 392 g/mol. The first-order valence-corrected chi connectivity index (χ1v) is 8.65. The van der Waals surface area contributed by atoms with E-state index in [0.717, 1.165) is 0 Å². The van der Waals surface area contributed by atoms with E-state index in [1.54, 1.807) is 49.1 Å². The second kappa shape index (κ2) is 6.30. The molecule has 1 aliphatic rings. The normalized spacial score (nSPS) is 15.9. The third-order valence-electron chi connectivity index (χ3n) is 3.79. The lowest BCUT2D eigenvalue weighted by Crippen LogP contribution is -2.52. The highest BCUT2D eigenvalue weighted by Gasteiger charge is 2.41. The van der Waals surface area contributed by atoms with Crippen LogP contribution in [0.25, 0.3) is 0 Å². The summed E-state index contributed by atoms with van der Waals surface area (Å²) in [5, 5.41) is 1.63. The zero-order chi connectivity index (χ0) is 17.6. The molecule has 0 saturated heterocycles. The molecule has 0 atom stereocenters. The number of fused-ring (bicyclic) bond motifs is 1. The van der Waals surface area contributed by atoms with Crippen molar-refractivity contribution >= 4 is 58.0 Å². The highest BCUT2D eigenvalue weighted by Crippen LogP contribution is 2.42. The Morgan fingerprint density at radius 3 is 2.42 bits per heavy atom. The van der Waals surface area contributed by atoms with Crippen molar-refractivity contribution in [3.05, 3.63) is 56.0 Å². The van der Waals surface area contributed by atoms with Gasteiger partial charge in [-0.25, -0.2) is 0 Å². The Balaban J connectivity index is 2.12. The highest BCUT2D eigenvalue weighted by molar-refractivity contribution is 6.44. The van der Waals surface area contributed by atoms with E-state index in [1.807, 2.05) is 0 Å². The summed E-state index contributed by atoms with van der Waals surface area (Å²) in [6.45, 7) is 3.58. The number of ether oxygens (including phenoxy) is 1. The van der Waals surface area contributed by atoms with Crippen LogP contribution in [0.3, 0.4) is 0 Å². The van der Waals surface area contributed by atoms with Gasteiger partial charge in [-0.05, 0) is 44.2 Å². The molecule has 2 aromatic rings. The molecule has 1 aliphatic heterocycles. The maximum Gasteiger partial charge on any atom is 0.271 e. The second-order valence-corrected chi connectivity index (χ2v) is 7.57. The topological polar surface area (TPSA) is 29.5 Å². The van der Waals surface area contributed by atoms with Gasteiger partial charge in [0, 0.05) is 15.6 Å². The Kier molecular flexibility index (Phi) is 4.65. The summed E-state index contributed by atoms with van der Waals surface area (Å²) in [5.74, 6) is 0.350. The zero-order valence-corrected chi connectivity index (χ0v) is 15.9. The van der Waals surface area contributed by atoms with E-state index in [-0.39, 0.29) is 12.5 Å². The molecule has 7 heteroatoms. The molecule has 0 aromatic heterocycles.